The monoisotopic (exact) mass is 484 g/mol. The van der Waals surface area contributed by atoms with Gasteiger partial charge in [0.15, 0.2) is 0 Å². The molecule has 0 aromatic heterocycles. The lowest BCUT2D eigenvalue weighted by Gasteiger charge is -2.38. The predicted octanol–water partition coefficient (Wildman–Crippen LogP) is 3.70. The van der Waals surface area contributed by atoms with Crippen LogP contribution in [-0.4, -0.2) is 68.8 Å². The van der Waals surface area contributed by atoms with E-state index in [0.717, 1.165) is 19.5 Å². The van der Waals surface area contributed by atoms with Crippen LogP contribution < -0.4 is 5.73 Å². The molecule has 8 heteroatoms. The van der Waals surface area contributed by atoms with E-state index in [1.807, 2.05) is 6.92 Å². The highest BCUT2D eigenvalue weighted by atomic mass is 16.5. The van der Waals surface area contributed by atoms with Crippen molar-refractivity contribution in [2.75, 3.05) is 46.0 Å². The number of esters is 3. The van der Waals surface area contributed by atoms with Gasteiger partial charge in [-0.05, 0) is 79.8 Å². The molecule has 1 unspecified atom stereocenters. The molecule has 0 radical (unpaired) electrons. The highest BCUT2D eigenvalue weighted by Crippen LogP contribution is 2.44. The van der Waals surface area contributed by atoms with Crippen molar-refractivity contribution in [2.45, 2.75) is 86.5 Å². The van der Waals surface area contributed by atoms with Gasteiger partial charge in [0.1, 0.15) is 13.2 Å². The van der Waals surface area contributed by atoms with Gasteiger partial charge in [0.05, 0.1) is 22.9 Å². The van der Waals surface area contributed by atoms with E-state index in [-0.39, 0.29) is 38.6 Å². The van der Waals surface area contributed by atoms with E-state index >= 15 is 0 Å². The second-order valence-corrected chi connectivity index (χ2v) is 11.1. The maximum Gasteiger partial charge on any atom is 0.311 e. The summed E-state index contributed by atoms with van der Waals surface area (Å²) in [7, 11) is 0. The van der Waals surface area contributed by atoms with Gasteiger partial charge in [0.25, 0.3) is 0 Å². The molecule has 0 aromatic carbocycles. The molecule has 1 rings (SSSR count). The van der Waals surface area contributed by atoms with Crippen molar-refractivity contribution >= 4 is 17.9 Å². The summed E-state index contributed by atoms with van der Waals surface area (Å²) in [4.78, 5) is 41.2. The molecule has 0 aliphatic carbocycles. The number of likely N-dealkylation sites (tertiary alicyclic amines) is 1. The van der Waals surface area contributed by atoms with E-state index in [1.54, 1.807) is 34.6 Å². The lowest BCUT2D eigenvalue weighted by molar-refractivity contribution is -0.168. The normalized spacial score (nSPS) is 17.4. The second kappa shape index (κ2) is 14.0. The van der Waals surface area contributed by atoms with Crippen molar-refractivity contribution < 1.29 is 28.6 Å². The first kappa shape index (κ1) is 30.4. The Kier molecular flexibility index (Phi) is 12.5. The first-order valence-electron chi connectivity index (χ1n) is 12.8. The molecule has 0 saturated carbocycles. The Labute approximate surface area is 206 Å². The summed E-state index contributed by atoms with van der Waals surface area (Å²) in [6, 6.07) is 0. The van der Waals surface area contributed by atoms with Crippen molar-refractivity contribution in [3.8, 4) is 0 Å². The molecule has 0 aromatic rings. The lowest BCUT2D eigenvalue weighted by atomic mass is 9.66. The molecule has 1 aliphatic rings. The molecule has 8 nitrogen and oxygen atoms in total. The zero-order valence-corrected chi connectivity index (χ0v) is 22.4. The molecule has 0 amide bonds. The highest BCUT2D eigenvalue weighted by molar-refractivity contribution is 5.82. The Morgan fingerprint density at radius 3 is 1.68 bits per heavy atom. The molecule has 1 heterocycles. The van der Waals surface area contributed by atoms with Gasteiger partial charge in [0, 0.05) is 13.1 Å². The van der Waals surface area contributed by atoms with Crippen molar-refractivity contribution in [3.05, 3.63) is 0 Å². The fourth-order valence-electron chi connectivity index (χ4n) is 4.84. The van der Waals surface area contributed by atoms with E-state index in [9.17, 15) is 14.4 Å². The molecule has 34 heavy (non-hydrogen) atoms. The van der Waals surface area contributed by atoms with Crippen LogP contribution >= 0.6 is 0 Å². The van der Waals surface area contributed by atoms with E-state index < -0.39 is 28.2 Å². The number of nitrogens with two attached hydrogens (primary N) is 1. The number of rotatable bonds is 14. The quantitative estimate of drug-likeness (QED) is 0.294. The lowest BCUT2D eigenvalue weighted by Crippen LogP contribution is -2.44. The van der Waals surface area contributed by atoms with Crippen molar-refractivity contribution in [2.24, 2.45) is 22.0 Å². The number of hydrogen-bond donors (Lipinski definition) is 1. The topological polar surface area (TPSA) is 108 Å². The maximum atomic E-state index is 13.4. The molecule has 2 N–H and O–H groups in total. The molecule has 0 spiro atoms. The van der Waals surface area contributed by atoms with Crippen LogP contribution in [0.15, 0.2) is 0 Å². The predicted molar refractivity (Wildman–Crippen MR) is 132 cm³/mol. The smallest absolute Gasteiger partial charge is 0.311 e. The Hall–Kier alpha value is -1.67. The zero-order valence-electron chi connectivity index (χ0n) is 22.4. The minimum absolute atomic E-state index is 0.119. The summed E-state index contributed by atoms with van der Waals surface area (Å²) in [6.45, 7) is 14.4. The summed E-state index contributed by atoms with van der Waals surface area (Å²) in [6.07, 6.45) is 5.91. The van der Waals surface area contributed by atoms with Gasteiger partial charge in [-0.15, -0.1) is 0 Å². The molecular weight excluding hydrogens is 436 g/mol. The second-order valence-electron chi connectivity index (χ2n) is 11.1. The molecular formula is C26H48N2O6. The number of ether oxygens (including phenoxy) is 3. The SMILES string of the molecule is CCCOC(=O)C(C)(C)CC(C)(CC(C)(C)C(=O)OCCN)C(=O)OCCN1CCCCCC1. The third kappa shape index (κ3) is 9.90. The van der Waals surface area contributed by atoms with Gasteiger partial charge in [-0.3, -0.25) is 19.3 Å². The molecule has 1 saturated heterocycles. The Morgan fingerprint density at radius 1 is 0.735 bits per heavy atom. The third-order valence-electron chi connectivity index (χ3n) is 6.39. The molecule has 198 valence electrons. The summed E-state index contributed by atoms with van der Waals surface area (Å²) >= 11 is 0. The van der Waals surface area contributed by atoms with E-state index in [2.05, 4.69) is 4.90 Å². The summed E-state index contributed by atoms with van der Waals surface area (Å²) in [5.74, 6) is -1.19. The molecule has 0 bridgehead atoms. The number of hydrogen-bond acceptors (Lipinski definition) is 8. The van der Waals surface area contributed by atoms with Crippen molar-refractivity contribution in [1.82, 2.24) is 4.90 Å². The number of nitrogens with zero attached hydrogens (tertiary/aromatic N) is 1. The first-order valence-corrected chi connectivity index (χ1v) is 12.8. The van der Waals surface area contributed by atoms with Crippen LogP contribution in [0.3, 0.4) is 0 Å². The van der Waals surface area contributed by atoms with Crippen molar-refractivity contribution in [1.29, 1.82) is 0 Å². The van der Waals surface area contributed by atoms with Crippen LogP contribution in [0.25, 0.3) is 0 Å². The van der Waals surface area contributed by atoms with E-state index in [0.29, 0.717) is 13.2 Å². The van der Waals surface area contributed by atoms with Gasteiger partial charge in [-0.1, -0.05) is 19.8 Å². The fourth-order valence-corrected chi connectivity index (χ4v) is 4.84. The maximum absolute atomic E-state index is 13.4. The standard InChI is InChI=1S/C26H48N2O6/c1-7-16-32-21(29)24(2,3)19-26(6,20-25(4,5)22(30)33-17-12-27)23(31)34-18-15-28-13-10-8-9-11-14-28/h7-20,27H2,1-6H3. The number of carbonyl (C=O) groups is 3. The van der Waals surface area contributed by atoms with Crippen LogP contribution in [0.2, 0.25) is 0 Å². The summed E-state index contributed by atoms with van der Waals surface area (Å²) < 4.78 is 16.4. The van der Waals surface area contributed by atoms with Crippen molar-refractivity contribution in [3.63, 3.8) is 0 Å². The minimum Gasteiger partial charge on any atom is -0.465 e. The van der Waals surface area contributed by atoms with Gasteiger partial charge in [-0.25, -0.2) is 0 Å². The average molecular weight is 485 g/mol. The van der Waals surface area contributed by atoms with E-state index in [1.165, 1.54) is 25.7 Å². The first-order chi connectivity index (χ1) is 15.9. The minimum atomic E-state index is -1.08. The van der Waals surface area contributed by atoms with Crippen LogP contribution in [0, 0.1) is 16.2 Å². The molecule has 1 aliphatic heterocycles. The third-order valence-corrected chi connectivity index (χ3v) is 6.39. The van der Waals surface area contributed by atoms with Crippen LogP contribution in [0.5, 0.6) is 0 Å². The van der Waals surface area contributed by atoms with Gasteiger partial charge < -0.3 is 19.9 Å². The van der Waals surface area contributed by atoms with Crippen LogP contribution in [-0.2, 0) is 28.6 Å². The van der Waals surface area contributed by atoms with Crippen LogP contribution in [0.4, 0.5) is 0 Å². The van der Waals surface area contributed by atoms with Crippen LogP contribution in [0.1, 0.15) is 86.5 Å². The molecule has 1 atom stereocenters. The Morgan fingerprint density at radius 2 is 1.21 bits per heavy atom. The largest absolute Gasteiger partial charge is 0.465 e. The Bertz CT molecular complexity index is 620. The highest BCUT2D eigenvalue weighted by Gasteiger charge is 2.48. The zero-order chi connectivity index (χ0) is 25.8. The van der Waals surface area contributed by atoms with Gasteiger partial charge in [0.2, 0.25) is 0 Å². The Balaban J connectivity index is 2.98. The molecule has 1 fully saturated rings. The number of carbonyl (C=O) groups excluding carboxylic acids is 3. The summed E-state index contributed by atoms with van der Waals surface area (Å²) in [5.41, 5.74) is 2.50. The van der Waals surface area contributed by atoms with E-state index in [4.69, 9.17) is 19.9 Å². The fraction of sp³-hybridized carbons (Fsp3) is 0.885. The van der Waals surface area contributed by atoms with Gasteiger partial charge >= 0.3 is 17.9 Å². The summed E-state index contributed by atoms with van der Waals surface area (Å²) in [5, 5.41) is 0. The average Bonchev–Trinajstić information content (AvgIpc) is 3.03. The van der Waals surface area contributed by atoms with Gasteiger partial charge in [-0.2, -0.15) is 0 Å².